The van der Waals surface area contributed by atoms with E-state index in [0.717, 1.165) is 55.2 Å². The lowest BCUT2D eigenvalue weighted by Crippen LogP contribution is -2.38. The highest BCUT2D eigenvalue weighted by atomic mass is 16.1. The van der Waals surface area contributed by atoms with Gasteiger partial charge in [0.05, 0.1) is 17.6 Å². The van der Waals surface area contributed by atoms with Gasteiger partial charge in [0, 0.05) is 29.9 Å². The van der Waals surface area contributed by atoms with E-state index in [9.17, 15) is 4.79 Å². The first-order chi connectivity index (χ1) is 14.1. The van der Waals surface area contributed by atoms with Gasteiger partial charge in [-0.15, -0.1) is 0 Å². The number of nitrogens with one attached hydrogen (secondary N) is 3. The molecule has 1 amide bonds. The van der Waals surface area contributed by atoms with Crippen molar-refractivity contribution in [1.82, 2.24) is 25.0 Å². The standard InChI is InChI=1S/C22H26N6O/c1-22(8-9-22)27-21(29)15-7-11-28-18(14-24-20(28)12-15)17-5-2-6-19(26-17)25-16-4-3-10-23-13-16/h2,5-7,11-12,14,16,23H,3-4,8-10,13H2,1H3,(H,25,26)(H,27,29). The van der Waals surface area contributed by atoms with Gasteiger partial charge in [-0.05, 0) is 63.4 Å². The highest BCUT2D eigenvalue weighted by Gasteiger charge is 2.38. The number of fused-ring (bicyclic) bond motifs is 1. The van der Waals surface area contributed by atoms with Crippen LogP contribution in [0.25, 0.3) is 17.0 Å². The number of pyridine rings is 2. The molecule has 2 fully saturated rings. The van der Waals surface area contributed by atoms with Crippen LogP contribution in [0.15, 0.2) is 42.7 Å². The van der Waals surface area contributed by atoms with Crippen LogP contribution in [0.2, 0.25) is 0 Å². The number of hydrogen-bond donors (Lipinski definition) is 3. The van der Waals surface area contributed by atoms with Crippen LogP contribution in [0.5, 0.6) is 0 Å². The Bertz CT molecular complexity index is 1050. The van der Waals surface area contributed by atoms with Gasteiger partial charge in [0.25, 0.3) is 5.91 Å². The zero-order valence-electron chi connectivity index (χ0n) is 16.6. The Morgan fingerprint density at radius 2 is 2.21 bits per heavy atom. The highest BCUT2D eigenvalue weighted by Crippen LogP contribution is 2.34. The maximum absolute atomic E-state index is 12.5. The van der Waals surface area contributed by atoms with Crippen LogP contribution in [-0.2, 0) is 0 Å². The highest BCUT2D eigenvalue weighted by molar-refractivity contribution is 5.95. The van der Waals surface area contributed by atoms with Crippen LogP contribution in [0.1, 0.15) is 43.0 Å². The molecule has 3 N–H and O–H groups in total. The second-order valence-electron chi connectivity index (χ2n) is 8.40. The second kappa shape index (κ2) is 7.15. The van der Waals surface area contributed by atoms with Gasteiger partial charge in [-0.2, -0.15) is 0 Å². The lowest BCUT2D eigenvalue weighted by molar-refractivity contribution is 0.0935. The predicted molar refractivity (Wildman–Crippen MR) is 113 cm³/mol. The number of carbonyl (C=O) groups is 1. The fourth-order valence-electron chi connectivity index (χ4n) is 3.81. The molecule has 0 radical (unpaired) electrons. The first-order valence-corrected chi connectivity index (χ1v) is 10.3. The SMILES string of the molecule is CC1(NC(=O)c2ccn3c(-c4cccc(NC5CCCNC5)n4)cnc3c2)CC1. The summed E-state index contributed by atoms with van der Waals surface area (Å²) in [7, 11) is 0. The van der Waals surface area contributed by atoms with Crippen LogP contribution < -0.4 is 16.0 Å². The Balaban J connectivity index is 1.38. The molecule has 1 aliphatic heterocycles. The minimum absolute atomic E-state index is 0.0327. The molecule has 7 heteroatoms. The number of nitrogens with zero attached hydrogens (tertiary/aromatic N) is 3. The number of anilines is 1. The molecule has 1 atom stereocenters. The average molecular weight is 390 g/mol. The number of piperidine rings is 1. The summed E-state index contributed by atoms with van der Waals surface area (Å²) in [4.78, 5) is 21.8. The number of amides is 1. The molecule has 1 aliphatic carbocycles. The summed E-state index contributed by atoms with van der Waals surface area (Å²) < 4.78 is 1.98. The fraction of sp³-hybridized carbons (Fsp3) is 0.409. The first-order valence-electron chi connectivity index (χ1n) is 10.3. The van der Waals surface area contributed by atoms with Crippen molar-refractivity contribution >= 4 is 17.4 Å². The van der Waals surface area contributed by atoms with E-state index in [-0.39, 0.29) is 11.4 Å². The van der Waals surface area contributed by atoms with E-state index in [2.05, 4.69) is 27.9 Å². The minimum atomic E-state index is -0.0394. The summed E-state index contributed by atoms with van der Waals surface area (Å²) in [6.45, 7) is 4.13. The van der Waals surface area contributed by atoms with E-state index in [1.807, 2.05) is 47.1 Å². The van der Waals surface area contributed by atoms with Crippen molar-refractivity contribution in [3.8, 4) is 11.4 Å². The van der Waals surface area contributed by atoms with Gasteiger partial charge in [0.2, 0.25) is 0 Å². The van der Waals surface area contributed by atoms with Gasteiger partial charge in [0.15, 0.2) is 0 Å². The molecule has 3 aromatic rings. The Kier molecular flexibility index (Phi) is 4.47. The van der Waals surface area contributed by atoms with Crippen molar-refractivity contribution in [2.75, 3.05) is 18.4 Å². The zero-order valence-corrected chi connectivity index (χ0v) is 16.6. The molecular formula is C22H26N6O. The lowest BCUT2D eigenvalue weighted by atomic mass is 10.1. The molecule has 2 aliphatic rings. The van der Waals surface area contributed by atoms with Gasteiger partial charge < -0.3 is 16.0 Å². The van der Waals surface area contributed by atoms with Crippen molar-refractivity contribution in [2.45, 2.75) is 44.2 Å². The van der Waals surface area contributed by atoms with E-state index >= 15 is 0 Å². The molecule has 0 bridgehead atoms. The monoisotopic (exact) mass is 390 g/mol. The summed E-state index contributed by atoms with van der Waals surface area (Å²) in [5, 5.41) is 10.0. The number of hydrogen-bond acceptors (Lipinski definition) is 5. The van der Waals surface area contributed by atoms with Crippen molar-refractivity contribution in [1.29, 1.82) is 0 Å². The van der Waals surface area contributed by atoms with Crippen molar-refractivity contribution in [3.05, 3.63) is 48.3 Å². The maximum atomic E-state index is 12.5. The second-order valence-corrected chi connectivity index (χ2v) is 8.40. The maximum Gasteiger partial charge on any atom is 0.251 e. The predicted octanol–water partition coefficient (Wildman–Crippen LogP) is 2.84. The molecule has 4 heterocycles. The summed E-state index contributed by atoms with van der Waals surface area (Å²) in [5.74, 6) is 0.835. The van der Waals surface area contributed by atoms with Crippen molar-refractivity contribution in [3.63, 3.8) is 0 Å². The molecule has 0 aromatic carbocycles. The van der Waals surface area contributed by atoms with E-state index in [1.165, 1.54) is 6.42 Å². The molecule has 29 heavy (non-hydrogen) atoms. The molecule has 7 nitrogen and oxygen atoms in total. The van der Waals surface area contributed by atoms with Crippen LogP contribution in [0, 0.1) is 0 Å². The van der Waals surface area contributed by atoms with E-state index in [0.29, 0.717) is 11.6 Å². The molecule has 3 aromatic heterocycles. The number of aromatic nitrogens is 3. The average Bonchev–Trinajstić information content (AvgIpc) is 3.31. The molecule has 0 spiro atoms. The van der Waals surface area contributed by atoms with Gasteiger partial charge in [-0.25, -0.2) is 9.97 Å². The van der Waals surface area contributed by atoms with E-state index in [1.54, 1.807) is 0 Å². The van der Waals surface area contributed by atoms with E-state index < -0.39 is 0 Å². The Morgan fingerprint density at radius 1 is 1.31 bits per heavy atom. The Morgan fingerprint density at radius 3 is 3.00 bits per heavy atom. The fourth-order valence-corrected chi connectivity index (χ4v) is 3.81. The van der Waals surface area contributed by atoms with Crippen LogP contribution in [0.3, 0.4) is 0 Å². The van der Waals surface area contributed by atoms with Crippen LogP contribution in [0.4, 0.5) is 5.82 Å². The lowest BCUT2D eigenvalue weighted by Gasteiger charge is -2.24. The van der Waals surface area contributed by atoms with Gasteiger partial charge in [-0.3, -0.25) is 9.20 Å². The van der Waals surface area contributed by atoms with Crippen molar-refractivity contribution < 1.29 is 4.79 Å². The van der Waals surface area contributed by atoms with Gasteiger partial charge >= 0.3 is 0 Å². The Labute approximate surface area is 169 Å². The zero-order chi connectivity index (χ0) is 19.8. The third kappa shape index (κ3) is 3.82. The quantitative estimate of drug-likeness (QED) is 0.624. The third-order valence-corrected chi connectivity index (χ3v) is 5.85. The van der Waals surface area contributed by atoms with E-state index in [4.69, 9.17) is 4.98 Å². The largest absolute Gasteiger partial charge is 0.366 e. The van der Waals surface area contributed by atoms with Crippen LogP contribution >= 0.6 is 0 Å². The molecule has 1 saturated heterocycles. The first kappa shape index (κ1) is 18.1. The number of imidazole rings is 1. The number of rotatable bonds is 5. The topological polar surface area (TPSA) is 83.4 Å². The summed E-state index contributed by atoms with van der Waals surface area (Å²) >= 11 is 0. The molecule has 1 unspecified atom stereocenters. The van der Waals surface area contributed by atoms with Crippen LogP contribution in [-0.4, -0.2) is 44.9 Å². The third-order valence-electron chi connectivity index (χ3n) is 5.85. The smallest absolute Gasteiger partial charge is 0.251 e. The summed E-state index contributed by atoms with van der Waals surface area (Å²) in [6, 6.07) is 10.1. The van der Waals surface area contributed by atoms with Gasteiger partial charge in [0.1, 0.15) is 11.5 Å². The molecule has 150 valence electrons. The molecule has 5 rings (SSSR count). The summed E-state index contributed by atoms with van der Waals surface area (Å²) in [5.41, 5.74) is 3.11. The van der Waals surface area contributed by atoms with Gasteiger partial charge in [-0.1, -0.05) is 6.07 Å². The molecular weight excluding hydrogens is 364 g/mol. The molecule has 1 saturated carbocycles. The Hall–Kier alpha value is -2.93. The van der Waals surface area contributed by atoms with Crippen molar-refractivity contribution in [2.24, 2.45) is 0 Å². The summed E-state index contributed by atoms with van der Waals surface area (Å²) in [6.07, 6.45) is 8.13. The minimum Gasteiger partial charge on any atom is -0.366 e. The number of carbonyl (C=O) groups excluding carboxylic acids is 1. The normalized spacial score (nSPS) is 20.4.